The molecule has 0 heterocycles. The average molecular weight is 215 g/mol. The van der Waals surface area contributed by atoms with Crippen LogP contribution in [0.5, 0.6) is 0 Å². The first kappa shape index (κ1) is 14.4. The van der Waals surface area contributed by atoms with Crippen LogP contribution in [-0.2, 0) is 4.79 Å². The van der Waals surface area contributed by atoms with Crippen molar-refractivity contribution in [2.75, 3.05) is 33.7 Å². The fourth-order valence-corrected chi connectivity index (χ4v) is 1.27. The van der Waals surface area contributed by atoms with Crippen molar-refractivity contribution in [1.82, 2.24) is 15.5 Å². The topological polar surface area (TPSA) is 44.4 Å². The smallest absolute Gasteiger partial charge is 0.221 e. The zero-order valence-corrected chi connectivity index (χ0v) is 10.5. The van der Waals surface area contributed by atoms with E-state index in [0.717, 1.165) is 26.1 Å². The number of amides is 1. The van der Waals surface area contributed by atoms with Crippen molar-refractivity contribution in [3.63, 3.8) is 0 Å². The van der Waals surface area contributed by atoms with Crippen LogP contribution >= 0.6 is 0 Å². The second kappa shape index (κ2) is 8.68. The summed E-state index contributed by atoms with van der Waals surface area (Å²) in [6.45, 7) is 6.65. The number of hydrogen-bond acceptors (Lipinski definition) is 3. The Bertz CT molecular complexity index is 171. The van der Waals surface area contributed by atoms with E-state index in [0.29, 0.717) is 12.5 Å². The van der Waals surface area contributed by atoms with Gasteiger partial charge in [0.2, 0.25) is 5.91 Å². The van der Waals surface area contributed by atoms with E-state index in [1.165, 1.54) is 0 Å². The van der Waals surface area contributed by atoms with Gasteiger partial charge in [0, 0.05) is 25.6 Å². The van der Waals surface area contributed by atoms with E-state index < -0.39 is 0 Å². The summed E-state index contributed by atoms with van der Waals surface area (Å²) in [5.41, 5.74) is 0. The molecule has 0 aromatic heterocycles. The standard InChI is InChI=1S/C11H25N3O/c1-5-12-11(15)6-8-13-10(2)7-9-14(3)4/h10,13H,5-9H2,1-4H3,(H,12,15). The summed E-state index contributed by atoms with van der Waals surface area (Å²) in [6.07, 6.45) is 1.68. The molecule has 4 heteroatoms. The quantitative estimate of drug-likeness (QED) is 0.617. The van der Waals surface area contributed by atoms with Crippen LogP contribution < -0.4 is 10.6 Å². The van der Waals surface area contributed by atoms with Gasteiger partial charge >= 0.3 is 0 Å². The van der Waals surface area contributed by atoms with Crippen LogP contribution in [0.3, 0.4) is 0 Å². The van der Waals surface area contributed by atoms with Crippen LogP contribution in [0.4, 0.5) is 0 Å². The summed E-state index contributed by atoms with van der Waals surface area (Å²) in [6, 6.07) is 0.474. The third-order valence-corrected chi connectivity index (χ3v) is 2.23. The zero-order valence-electron chi connectivity index (χ0n) is 10.5. The lowest BCUT2D eigenvalue weighted by molar-refractivity contribution is -0.120. The monoisotopic (exact) mass is 215 g/mol. The number of hydrogen-bond donors (Lipinski definition) is 2. The third kappa shape index (κ3) is 9.69. The third-order valence-electron chi connectivity index (χ3n) is 2.23. The van der Waals surface area contributed by atoms with E-state index in [9.17, 15) is 4.79 Å². The van der Waals surface area contributed by atoms with E-state index >= 15 is 0 Å². The highest BCUT2D eigenvalue weighted by Crippen LogP contribution is 1.92. The molecule has 0 saturated heterocycles. The number of carbonyl (C=O) groups excluding carboxylic acids is 1. The van der Waals surface area contributed by atoms with Crippen LogP contribution in [-0.4, -0.2) is 50.6 Å². The Kier molecular flexibility index (Phi) is 8.33. The van der Waals surface area contributed by atoms with Crippen molar-refractivity contribution in [2.24, 2.45) is 0 Å². The van der Waals surface area contributed by atoms with Gasteiger partial charge in [-0.2, -0.15) is 0 Å². The van der Waals surface area contributed by atoms with Crippen molar-refractivity contribution in [2.45, 2.75) is 32.7 Å². The molecular weight excluding hydrogens is 190 g/mol. The van der Waals surface area contributed by atoms with Crippen LogP contribution in [0.25, 0.3) is 0 Å². The molecule has 90 valence electrons. The van der Waals surface area contributed by atoms with Crippen LogP contribution in [0, 0.1) is 0 Å². The molecule has 15 heavy (non-hydrogen) atoms. The molecule has 0 bridgehead atoms. The molecule has 0 aliphatic rings. The predicted octanol–water partition coefficient (Wildman–Crippen LogP) is 0.442. The summed E-state index contributed by atoms with van der Waals surface area (Å²) >= 11 is 0. The predicted molar refractivity (Wildman–Crippen MR) is 63.9 cm³/mol. The maximum Gasteiger partial charge on any atom is 0.221 e. The Morgan fingerprint density at radius 2 is 2.07 bits per heavy atom. The molecule has 0 aliphatic carbocycles. The molecule has 1 amide bonds. The Balaban J connectivity index is 3.38. The van der Waals surface area contributed by atoms with Crippen molar-refractivity contribution in [1.29, 1.82) is 0 Å². The van der Waals surface area contributed by atoms with Crippen molar-refractivity contribution < 1.29 is 4.79 Å². The summed E-state index contributed by atoms with van der Waals surface area (Å²) in [5, 5.41) is 6.12. The molecule has 0 saturated carbocycles. The molecule has 2 N–H and O–H groups in total. The van der Waals surface area contributed by atoms with E-state index in [1.54, 1.807) is 0 Å². The van der Waals surface area contributed by atoms with Gasteiger partial charge in [0.15, 0.2) is 0 Å². The molecule has 0 aromatic rings. The van der Waals surface area contributed by atoms with Gasteiger partial charge in [-0.3, -0.25) is 4.79 Å². The van der Waals surface area contributed by atoms with Crippen LogP contribution in [0.15, 0.2) is 0 Å². The highest BCUT2D eigenvalue weighted by molar-refractivity contribution is 5.75. The summed E-state index contributed by atoms with van der Waals surface area (Å²) in [5.74, 6) is 0.129. The van der Waals surface area contributed by atoms with Gasteiger partial charge in [-0.15, -0.1) is 0 Å². The molecule has 0 rings (SSSR count). The minimum absolute atomic E-state index is 0.129. The lowest BCUT2D eigenvalue weighted by Gasteiger charge is -2.16. The number of nitrogens with zero attached hydrogens (tertiary/aromatic N) is 1. The molecule has 0 aliphatic heterocycles. The fraction of sp³-hybridized carbons (Fsp3) is 0.909. The van der Waals surface area contributed by atoms with E-state index in [1.807, 2.05) is 6.92 Å². The molecule has 0 spiro atoms. The SMILES string of the molecule is CCNC(=O)CCNC(C)CCN(C)C. The summed E-state index contributed by atoms with van der Waals surface area (Å²) in [7, 11) is 4.14. The second-order valence-corrected chi connectivity index (χ2v) is 4.15. The maximum atomic E-state index is 11.1. The Morgan fingerprint density at radius 3 is 2.60 bits per heavy atom. The van der Waals surface area contributed by atoms with Gasteiger partial charge in [-0.1, -0.05) is 0 Å². The van der Waals surface area contributed by atoms with Crippen LogP contribution in [0.1, 0.15) is 26.7 Å². The molecular formula is C11H25N3O. The number of rotatable bonds is 8. The first-order valence-electron chi connectivity index (χ1n) is 5.71. The Morgan fingerprint density at radius 1 is 1.40 bits per heavy atom. The highest BCUT2D eigenvalue weighted by atomic mass is 16.1. The zero-order chi connectivity index (χ0) is 11.7. The van der Waals surface area contributed by atoms with Gasteiger partial charge < -0.3 is 15.5 Å². The number of carbonyl (C=O) groups is 1. The molecule has 1 unspecified atom stereocenters. The van der Waals surface area contributed by atoms with Crippen molar-refractivity contribution >= 4 is 5.91 Å². The van der Waals surface area contributed by atoms with Gasteiger partial charge in [-0.05, 0) is 40.9 Å². The second-order valence-electron chi connectivity index (χ2n) is 4.15. The highest BCUT2D eigenvalue weighted by Gasteiger charge is 2.03. The molecule has 0 fully saturated rings. The van der Waals surface area contributed by atoms with E-state index in [-0.39, 0.29) is 5.91 Å². The minimum atomic E-state index is 0.129. The van der Waals surface area contributed by atoms with Crippen LogP contribution in [0.2, 0.25) is 0 Å². The summed E-state index contributed by atoms with van der Waals surface area (Å²) < 4.78 is 0. The largest absolute Gasteiger partial charge is 0.356 e. The van der Waals surface area contributed by atoms with Crippen molar-refractivity contribution in [3.05, 3.63) is 0 Å². The first-order valence-corrected chi connectivity index (χ1v) is 5.71. The molecule has 4 nitrogen and oxygen atoms in total. The molecule has 1 atom stereocenters. The van der Waals surface area contributed by atoms with Gasteiger partial charge in [0.25, 0.3) is 0 Å². The van der Waals surface area contributed by atoms with Crippen molar-refractivity contribution in [3.8, 4) is 0 Å². The average Bonchev–Trinajstić information content (AvgIpc) is 2.15. The Hall–Kier alpha value is -0.610. The fourth-order valence-electron chi connectivity index (χ4n) is 1.27. The maximum absolute atomic E-state index is 11.1. The van der Waals surface area contributed by atoms with Gasteiger partial charge in [-0.25, -0.2) is 0 Å². The normalized spacial score (nSPS) is 12.9. The van der Waals surface area contributed by atoms with Gasteiger partial charge in [0.1, 0.15) is 0 Å². The number of nitrogens with one attached hydrogen (secondary N) is 2. The van der Waals surface area contributed by atoms with E-state index in [2.05, 4.69) is 36.6 Å². The lowest BCUT2D eigenvalue weighted by atomic mass is 10.2. The summed E-state index contributed by atoms with van der Waals surface area (Å²) in [4.78, 5) is 13.3. The Labute approximate surface area is 93.4 Å². The van der Waals surface area contributed by atoms with E-state index in [4.69, 9.17) is 0 Å². The minimum Gasteiger partial charge on any atom is -0.356 e. The molecule has 0 radical (unpaired) electrons. The van der Waals surface area contributed by atoms with Gasteiger partial charge in [0.05, 0.1) is 0 Å². The lowest BCUT2D eigenvalue weighted by Crippen LogP contribution is -2.33. The molecule has 0 aromatic carbocycles. The first-order chi connectivity index (χ1) is 7.06.